The van der Waals surface area contributed by atoms with Gasteiger partial charge in [0.25, 0.3) is 0 Å². The summed E-state index contributed by atoms with van der Waals surface area (Å²) < 4.78 is 14.9. The maximum atomic E-state index is 13.0. The first kappa shape index (κ1) is 21.2. The Bertz CT molecular complexity index is 1040. The van der Waals surface area contributed by atoms with Crippen molar-refractivity contribution in [3.63, 3.8) is 0 Å². The summed E-state index contributed by atoms with van der Waals surface area (Å²) in [5.74, 6) is -2.63. The molecule has 0 bridgehead atoms. The maximum Gasteiger partial charge on any atom is 0.347 e. The summed E-state index contributed by atoms with van der Waals surface area (Å²) in [6.45, 7) is 1.69. The fourth-order valence-electron chi connectivity index (χ4n) is 3.41. The monoisotopic (exact) mass is 424 g/mol. The molecular formula is C19H20O9S. The molecule has 29 heavy (non-hydrogen) atoms. The van der Waals surface area contributed by atoms with E-state index in [1.807, 2.05) is 0 Å². The lowest BCUT2D eigenvalue weighted by Crippen LogP contribution is -2.43. The molecule has 2 aromatic rings. The SMILES string of the molecule is COC(=O)C(O)CSC1Cc2c(oc3cc(C)cc(O)c3c2=O)C1(O)C(=O)OC. The van der Waals surface area contributed by atoms with Crippen LogP contribution in [0.3, 0.4) is 0 Å². The third-order valence-corrected chi connectivity index (χ3v) is 6.26. The van der Waals surface area contributed by atoms with Gasteiger partial charge in [0.15, 0.2) is 17.3 Å². The number of thioether (sulfide) groups is 1. The van der Waals surface area contributed by atoms with Gasteiger partial charge in [-0.1, -0.05) is 0 Å². The van der Waals surface area contributed by atoms with Gasteiger partial charge in [-0.05, 0) is 31.0 Å². The Morgan fingerprint density at radius 1 is 1.34 bits per heavy atom. The van der Waals surface area contributed by atoms with E-state index < -0.39 is 34.3 Å². The van der Waals surface area contributed by atoms with E-state index in [-0.39, 0.29) is 40.2 Å². The number of aromatic hydroxyl groups is 1. The predicted octanol–water partition coefficient (Wildman–Crippen LogP) is 0.359. The Labute approximate surface area is 169 Å². The molecule has 1 aliphatic rings. The number of aliphatic hydroxyl groups is 2. The number of rotatable bonds is 5. The summed E-state index contributed by atoms with van der Waals surface area (Å²) in [6.07, 6.45) is -1.57. The Balaban J connectivity index is 2.11. The topological polar surface area (TPSA) is 144 Å². The highest BCUT2D eigenvalue weighted by atomic mass is 32.2. The summed E-state index contributed by atoms with van der Waals surface area (Å²) in [6, 6.07) is 2.92. The number of benzene rings is 1. The van der Waals surface area contributed by atoms with Gasteiger partial charge in [0, 0.05) is 11.3 Å². The van der Waals surface area contributed by atoms with Gasteiger partial charge < -0.3 is 29.2 Å². The number of hydrogen-bond donors (Lipinski definition) is 3. The number of esters is 2. The first-order valence-electron chi connectivity index (χ1n) is 8.63. The quantitative estimate of drug-likeness (QED) is 0.576. The van der Waals surface area contributed by atoms with E-state index in [0.29, 0.717) is 5.56 Å². The van der Waals surface area contributed by atoms with Gasteiger partial charge in [-0.3, -0.25) is 4.79 Å². The minimum Gasteiger partial charge on any atom is -0.507 e. The summed E-state index contributed by atoms with van der Waals surface area (Å²) in [7, 11) is 2.20. The van der Waals surface area contributed by atoms with Crippen LogP contribution >= 0.6 is 11.8 Å². The minimum absolute atomic E-state index is 0.0221. The molecule has 0 radical (unpaired) electrons. The van der Waals surface area contributed by atoms with Gasteiger partial charge in [0.05, 0.1) is 19.5 Å². The molecule has 1 aliphatic carbocycles. The van der Waals surface area contributed by atoms with Crippen molar-refractivity contribution in [1.29, 1.82) is 0 Å². The highest BCUT2D eigenvalue weighted by Gasteiger charge is 2.56. The normalized spacial score (nSPS) is 21.6. The van der Waals surface area contributed by atoms with E-state index in [0.717, 1.165) is 26.0 Å². The third kappa shape index (κ3) is 3.37. The van der Waals surface area contributed by atoms with Crippen molar-refractivity contribution in [2.24, 2.45) is 0 Å². The number of methoxy groups -OCH3 is 2. The average Bonchev–Trinajstić information content (AvgIpc) is 2.97. The molecule has 0 amide bonds. The number of aliphatic hydroxyl groups excluding tert-OH is 1. The van der Waals surface area contributed by atoms with Crippen molar-refractivity contribution in [3.8, 4) is 5.75 Å². The summed E-state index contributed by atoms with van der Waals surface area (Å²) >= 11 is 0.903. The number of fused-ring (bicyclic) bond motifs is 2. The number of carbonyl (C=O) groups excluding carboxylic acids is 2. The Morgan fingerprint density at radius 3 is 2.66 bits per heavy atom. The van der Waals surface area contributed by atoms with Gasteiger partial charge in [0.1, 0.15) is 16.7 Å². The zero-order valence-corrected chi connectivity index (χ0v) is 16.7. The van der Waals surface area contributed by atoms with Crippen LogP contribution < -0.4 is 5.43 Å². The number of aryl methyl sites for hydroxylation is 1. The van der Waals surface area contributed by atoms with Crippen LogP contribution in [-0.2, 0) is 31.1 Å². The second kappa shape index (κ2) is 7.69. The van der Waals surface area contributed by atoms with Gasteiger partial charge in [-0.25, -0.2) is 9.59 Å². The lowest BCUT2D eigenvalue weighted by atomic mass is 10.0. The highest BCUT2D eigenvalue weighted by molar-refractivity contribution is 8.00. The standard InChI is InChI=1S/C19H20O9S/c1-8-4-10(20)14-12(5-8)28-16-9(15(14)22)6-13(19(16,25)18(24)27-3)29-7-11(21)17(23)26-2/h4-5,11,13,20-21,25H,6-7H2,1-3H3. The molecule has 9 nitrogen and oxygen atoms in total. The molecule has 0 spiro atoms. The lowest BCUT2D eigenvalue weighted by Gasteiger charge is -2.26. The van der Waals surface area contributed by atoms with Crippen LogP contribution in [0.4, 0.5) is 0 Å². The molecule has 1 aromatic carbocycles. The van der Waals surface area contributed by atoms with Crippen LogP contribution in [0.1, 0.15) is 16.9 Å². The van der Waals surface area contributed by atoms with Gasteiger partial charge >= 0.3 is 11.9 Å². The molecule has 0 saturated carbocycles. The summed E-state index contributed by atoms with van der Waals surface area (Å²) in [4.78, 5) is 36.9. The smallest absolute Gasteiger partial charge is 0.347 e. The third-order valence-electron chi connectivity index (χ3n) is 4.84. The van der Waals surface area contributed by atoms with Crippen LogP contribution in [0.5, 0.6) is 5.75 Å². The van der Waals surface area contributed by atoms with Crippen molar-refractivity contribution in [1.82, 2.24) is 0 Å². The summed E-state index contributed by atoms with van der Waals surface area (Å²) in [5, 5.41) is 30.2. The van der Waals surface area contributed by atoms with Crippen LogP contribution in [-0.4, -0.2) is 58.6 Å². The molecule has 1 heterocycles. The second-order valence-corrected chi connectivity index (χ2v) is 7.95. The Hall–Kier alpha value is -2.56. The number of phenols is 1. The molecule has 3 unspecified atom stereocenters. The number of phenolic OH excluding ortho intramolecular Hbond substituents is 1. The largest absolute Gasteiger partial charge is 0.507 e. The fraction of sp³-hybridized carbons (Fsp3) is 0.421. The number of ether oxygens (including phenoxy) is 2. The van der Waals surface area contributed by atoms with Crippen molar-refractivity contribution < 1.29 is 38.8 Å². The first-order chi connectivity index (χ1) is 13.6. The number of carbonyl (C=O) groups is 2. The lowest BCUT2D eigenvalue weighted by molar-refractivity contribution is -0.164. The van der Waals surface area contributed by atoms with Crippen LogP contribution in [0.2, 0.25) is 0 Å². The van der Waals surface area contributed by atoms with Crippen LogP contribution in [0, 0.1) is 6.92 Å². The molecular weight excluding hydrogens is 404 g/mol. The molecule has 3 rings (SSSR count). The fourth-order valence-corrected chi connectivity index (χ4v) is 4.69. The molecule has 0 aliphatic heterocycles. The van der Waals surface area contributed by atoms with E-state index in [9.17, 15) is 29.7 Å². The van der Waals surface area contributed by atoms with E-state index >= 15 is 0 Å². The average molecular weight is 424 g/mol. The second-order valence-electron chi connectivity index (χ2n) is 6.72. The van der Waals surface area contributed by atoms with Crippen molar-refractivity contribution in [2.45, 2.75) is 30.3 Å². The maximum absolute atomic E-state index is 13.0. The van der Waals surface area contributed by atoms with Gasteiger partial charge in [-0.15, -0.1) is 0 Å². The molecule has 0 fully saturated rings. The van der Waals surface area contributed by atoms with E-state index in [2.05, 4.69) is 4.74 Å². The van der Waals surface area contributed by atoms with E-state index in [1.54, 1.807) is 6.92 Å². The van der Waals surface area contributed by atoms with Crippen LogP contribution in [0.25, 0.3) is 11.0 Å². The highest BCUT2D eigenvalue weighted by Crippen LogP contribution is 2.45. The Kier molecular flexibility index (Phi) is 5.61. The summed E-state index contributed by atoms with van der Waals surface area (Å²) in [5.41, 5.74) is -2.22. The first-order valence-corrected chi connectivity index (χ1v) is 9.68. The Morgan fingerprint density at radius 2 is 2.03 bits per heavy atom. The predicted molar refractivity (Wildman–Crippen MR) is 103 cm³/mol. The number of hydrogen-bond acceptors (Lipinski definition) is 10. The molecule has 156 valence electrons. The van der Waals surface area contributed by atoms with Crippen molar-refractivity contribution in [3.05, 3.63) is 39.2 Å². The molecule has 3 atom stereocenters. The minimum atomic E-state index is -2.31. The van der Waals surface area contributed by atoms with E-state index in [1.165, 1.54) is 12.1 Å². The zero-order chi connectivity index (χ0) is 21.5. The van der Waals surface area contributed by atoms with Gasteiger partial charge in [-0.2, -0.15) is 11.8 Å². The van der Waals surface area contributed by atoms with E-state index in [4.69, 9.17) is 9.15 Å². The van der Waals surface area contributed by atoms with Crippen LogP contribution in [0.15, 0.2) is 21.3 Å². The van der Waals surface area contributed by atoms with Crippen molar-refractivity contribution in [2.75, 3.05) is 20.0 Å². The molecule has 1 aromatic heterocycles. The molecule has 10 heteroatoms. The molecule has 3 N–H and O–H groups in total. The van der Waals surface area contributed by atoms with Gasteiger partial charge in [0.2, 0.25) is 5.60 Å². The zero-order valence-electron chi connectivity index (χ0n) is 15.9. The molecule has 0 saturated heterocycles. The van der Waals surface area contributed by atoms with Crippen molar-refractivity contribution >= 4 is 34.7 Å².